The maximum absolute atomic E-state index is 12.7. The lowest BCUT2D eigenvalue weighted by molar-refractivity contribution is -0.138. The van der Waals surface area contributed by atoms with E-state index in [2.05, 4.69) is 5.32 Å². The van der Waals surface area contributed by atoms with Gasteiger partial charge in [-0.1, -0.05) is 25.7 Å². The van der Waals surface area contributed by atoms with Crippen LogP contribution in [0.1, 0.15) is 51.4 Å². The van der Waals surface area contributed by atoms with Gasteiger partial charge in [-0.2, -0.15) is 0 Å². The molecule has 0 aromatic carbocycles. The molecule has 4 heteroatoms. The van der Waals surface area contributed by atoms with Crippen molar-refractivity contribution in [2.45, 2.75) is 56.9 Å². The van der Waals surface area contributed by atoms with Crippen LogP contribution >= 0.6 is 0 Å². The van der Waals surface area contributed by atoms with Gasteiger partial charge in [0, 0.05) is 19.5 Å². The Morgan fingerprint density at radius 3 is 2.61 bits per heavy atom. The van der Waals surface area contributed by atoms with Gasteiger partial charge in [0.15, 0.2) is 0 Å². The van der Waals surface area contributed by atoms with Crippen LogP contribution < -0.4 is 5.32 Å². The summed E-state index contributed by atoms with van der Waals surface area (Å²) in [5.41, 5.74) is -0.545. The summed E-state index contributed by atoms with van der Waals surface area (Å²) >= 11 is 0. The molecule has 3 fully saturated rings. The molecule has 3 rings (SSSR count). The third kappa shape index (κ3) is 2.25. The zero-order valence-electron chi connectivity index (χ0n) is 10.9. The van der Waals surface area contributed by atoms with Gasteiger partial charge >= 0.3 is 0 Å². The van der Waals surface area contributed by atoms with Gasteiger partial charge in [-0.15, -0.1) is 0 Å². The molecular weight excluding hydrogens is 228 g/mol. The molecular formula is C14H22N2O2. The number of rotatable bonds is 3. The maximum Gasteiger partial charge on any atom is 0.248 e. The van der Waals surface area contributed by atoms with Crippen molar-refractivity contribution in [3.63, 3.8) is 0 Å². The molecule has 4 nitrogen and oxygen atoms in total. The maximum atomic E-state index is 12.7. The fraction of sp³-hybridized carbons (Fsp3) is 0.857. The van der Waals surface area contributed by atoms with Gasteiger partial charge in [-0.25, -0.2) is 0 Å². The minimum atomic E-state index is -0.545. The van der Waals surface area contributed by atoms with E-state index >= 15 is 0 Å². The van der Waals surface area contributed by atoms with Crippen molar-refractivity contribution >= 4 is 11.8 Å². The van der Waals surface area contributed by atoms with Gasteiger partial charge in [0.2, 0.25) is 11.8 Å². The van der Waals surface area contributed by atoms with Gasteiger partial charge < -0.3 is 10.2 Å². The quantitative estimate of drug-likeness (QED) is 0.824. The largest absolute Gasteiger partial charge is 0.342 e. The molecule has 18 heavy (non-hydrogen) atoms. The van der Waals surface area contributed by atoms with E-state index in [1.54, 1.807) is 0 Å². The fourth-order valence-corrected chi connectivity index (χ4v) is 3.30. The molecule has 2 aliphatic carbocycles. The van der Waals surface area contributed by atoms with Crippen molar-refractivity contribution in [3.05, 3.63) is 0 Å². The van der Waals surface area contributed by atoms with Crippen molar-refractivity contribution in [1.29, 1.82) is 0 Å². The molecule has 0 bridgehead atoms. The highest BCUT2D eigenvalue weighted by Crippen LogP contribution is 2.35. The Morgan fingerprint density at radius 2 is 1.94 bits per heavy atom. The van der Waals surface area contributed by atoms with Gasteiger partial charge in [0.1, 0.15) is 5.54 Å². The Kier molecular flexibility index (Phi) is 3.04. The number of carbonyl (C=O) groups excluding carboxylic acids is 2. The van der Waals surface area contributed by atoms with Crippen LogP contribution in [0, 0.1) is 5.92 Å². The molecule has 1 saturated heterocycles. The summed E-state index contributed by atoms with van der Waals surface area (Å²) in [6.07, 6.45) is 8.02. The van der Waals surface area contributed by atoms with Crippen LogP contribution in [0.5, 0.6) is 0 Å². The SMILES string of the molecule is O=C1CCN(CCC2CC2)C(=O)C2(CCCC2)N1. The van der Waals surface area contributed by atoms with Crippen molar-refractivity contribution in [3.8, 4) is 0 Å². The third-order valence-electron chi connectivity index (χ3n) is 4.65. The topological polar surface area (TPSA) is 49.4 Å². The van der Waals surface area contributed by atoms with E-state index in [1.165, 1.54) is 12.8 Å². The second-order valence-electron chi connectivity index (χ2n) is 6.11. The Labute approximate surface area is 108 Å². The monoisotopic (exact) mass is 250 g/mol. The molecule has 1 spiro atoms. The molecule has 0 aromatic rings. The van der Waals surface area contributed by atoms with Crippen molar-refractivity contribution in [2.24, 2.45) is 5.92 Å². The highest BCUT2D eigenvalue weighted by atomic mass is 16.2. The first-order valence-corrected chi connectivity index (χ1v) is 7.30. The average molecular weight is 250 g/mol. The lowest BCUT2D eigenvalue weighted by atomic mass is 9.95. The Balaban J connectivity index is 1.72. The molecule has 0 radical (unpaired) electrons. The number of hydrogen-bond acceptors (Lipinski definition) is 2. The minimum absolute atomic E-state index is 0.0548. The number of amides is 2. The summed E-state index contributed by atoms with van der Waals surface area (Å²) in [7, 11) is 0. The number of hydrogen-bond donors (Lipinski definition) is 1. The van der Waals surface area contributed by atoms with E-state index in [0.717, 1.165) is 44.6 Å². The van der Waals surface area contributed by atoms with Crippen LogP contribution in [0.15, 0.2) is 0 Å². The standard InChI is InChI=1S/C14H22N2O2/c17-12-6-10-16(9-5-11-3-4-11)13(18)14(15-12)7-1-2-8-14/h11H,1-10H2,(H,15,17). The van der Waals surface area contributed by atoms with Crippen LogP contribution in [0.2, 0.25) is 0 Å². The molecule has 0 aromatic heterocycles. The van der Waals surface area contributed by atoms with Crippen LogP contribution in [-0.4, -0.2) is 35.3 Å². The Bertz CT molecular complexity index is 357. The van der Waals surface area contributed by atoms with E-state index in [4.69, 9.17) is 0 Å². The second-order valence-corrected chi connectivity index (χ2v) is 6.11. The van der Waals surface area contributed by atoms with Gasteiger partial charge in [0.05, 0.1) is 0 Å². The first-order valence-electron chi connectivity index (χ1n) is 7.30. The van der Waals surface area contributed by atoms with Gasteiger partial charge in [-0.05, 0) is 25.2 Å². The summed E-state index contributed by atoms with van der Waals surface area (Å²) in [6.45, 7) is 1.46. The molecule has 0 atom stereocenters. The summed E-state index contributed by atoms with van der Waals surface area (Å²) in [4.78, 5) is 26.4. The molecule has 0 unspecified atom stereocenters. The predicted molar refractivity (Wildman–Crippen MR) is 67.9 cm³/mol. The normalized spacial score (nSPS) is 27.4. The Morgan fingerprint density at radius 1 is 1.22 bits per heavy atom. The summed E-state index contributed by atoms with van der Waals surface area (Å²) in [5.74, 6) is 1.08. The first-order chi connectivity index (χ1) is 8.70. The Hall–Kier alpha value is -1.06. The van der Waals surface area contributed by atoms with Crippen molar-refractivity contribution in [1.82, 2.24) is 10.2 Å². The van der Waals surface area contributed by atoms with E-state index in [-0.39, 0.29) is 11.8 Å². The van der Waals surface area contributed by atoms with E-state index in [0.29, 0.717) is 13.0 Å². The number of nitrogens with one attached hydrogen (secondary N) is 1. The smallest absolute Gasteiger partial charge is 0.248 e. The van der Waals surface area contributed by atoms with Crippen LogP contribution in [0.4, 0.5) is 0 Å². The third-order valence-corrected chi connectivity index (χ3v) is 4.65. The van der Waals surface area contributed by atoms with E-state index in [9.17, 15) is 9.59 Å². The summed E-state index contributed by atoms with van der Waals surface area (Å²) in [6, 6.07) is 0. The fourth-order valence-electron chi connectivity index (χ4n) is 3.30. The molecule has 3 aliphatic rings. The summed E-state index contributed by atoms with van der Waals surface area (Å²) < 4.78 is 0. The van der Waals surface area contributed by atoms with Crippen molar-refractivity contribution < 1.29 is 9.59 Å². The first kappa shape index (κ1) is 12.0. The van der Waals surface area contributed by atoms with Crippen LogP contribution in [0.25, 0.3) is 0 Å². The molecule has 2 amide bonds. The lowest BCUT2D eigenvalue weighted by Gasteiger charge is -2.31. The van der Waals surface area contributed by atoms with Crippen LogP contribution in [0.3, 0.4) is 0 Å². The van der Waals surface area contributed by atoms with Gasteiger partial charge in [0.25, 0.3) is 0 Å². The van der Waals surface area contributed by atoms with Gasteiger partial charge in [-0.3, -0.25) is 9.59 Å². The predicted octanol–water partition coefficient (Wildman–Crippen LogP) is 1.45. The minimum Gasteiger partial charge on any atom is -0.342 e. The highest BCUT2D eigenvalue weighted by Gasteiger charge is 2.46. The van der Waals surface area contributed by atoms with Crippen LogP contribution in [-0.2, 0) is 9.59 Å². The zero-order chi connectivity index (χ0) is 12.6. The highest BCUT2D eigenvalue weighted by molar-refractivity contribution is 5.93. The second kappa shape index (κ2) is 4.56. The molecule has 2 saturated carbocycles. The molecule has 1 N–H and O–H groups in total. The lowest BCUT2D eigenvalue weighted by Crippen LogP contribution is -2.55. The summed E-state index contributed by atoms with van der Waals surface area (Å²) in [5, 5.41) is 3.01. The van der Waals surface area contributed by atoms with E-state index in [1.807, 2.05) is 4.90 Å². The average Bonchev–Trinajstić information content (AvgIpc) is 3.08. The zero-order valence-corrected chi connectivity index (χ0v) is 10.9. The molecule has 1 heterocycles. The van der Waals surface area contributed by atoms with Crippen molar-refractivity contribution in [2.75, 3.05) is 13.1 Å². The molecule has 100 valence electrons. The number of carbonyl (C=O) groups is 2. The number of nitrogens with zero attached hydrogens (tertiary/aromatic N) is 1. The van der Waals surface area contributed by atoms with E-state index < -0.39 is 5.54 Å². The molecule has 1 aliphatic heterocycles.